The summed E-state index contributed by atoms with van der Waals surface area (Å²) in [7, 11) is -2.77. The minimum atomic E-state index is -2.77. The summed E-state index contributed by atoms with van der Waals surface area (Å²) in [6, 6.07) is 41.8. The molecule has 0 amide bonds. The monoisotopic (exact) mass is 614 g/mol. The summed E-state index contributed by atoms with van der Waals surface area (Å²) in [5, 5.41) is 2.29. The Hall–Kier alpha value is -2.81. The van der Waals surface area contributed by atoms with Gasteiger partial charge in [0, 0.05) is 23.1 Å². The van der Waals surface area contributed by atoms with Crippen LogP contribution in [0.4, 0.5) is 0 Å². The van der Waals surface area contributed by atoms with E-state index < -0.39 is 18.7 Å². The zero-order valence-corrected chi connectivity index (χ0v) is 27.2. The first kappa shape index (κ1) is 30.6. The Morgan fingerprint density at radius 2 is 1.21 bits per heavy atom. The number of rotatable bonds is 10. The van der Waals surface area contributed by atoms with E-state index in [9.17, 15) is 4.79 Å². The Kier molecular flexibility index (Phi) is 9.65. The molecule has 1 fully saturated rings. The second kappa shape index (κ2) is 13.2. The minimum absolute atomic E-state index is 0.155. The number of thioether (sulfide) groups is 2. The van der Waals surface area contributed by atoms with Crippen molar-refractivity contribution in [2.75, 3.05) is 6.61 Å². The molecule has 1 unspecified atom stereocenters. The smallest absolute Gasteiger partial charge is 0.305 e. The van der Waals surface area contributed by atoms with Crippen molar-refractivity contribution >= 4 is 48.2 Å². The second-order valence-corrected chi connectivity index (χ2v) is 18.9. The molecule has 7 heteroatoms. The Labute approximate surface area is 259 Å². The SMILES string of the molecule is CC(=O)OC1O[C@H](CO[Si](c2ccccc2)(c2ccccc2)C(C)(C)C)CC1(Sc1ccccc1)Sc1ccccc1. The summed E-state index contributed by atoms with van der Waals surface area (Å²) in [6.45, 7) is 8.66. The highest BCUT2D eigenvalue weighted by Gasteiger charge is 2.55. The van der Waals surface area contributed by atoms with E-state index in [0.717, 1.165) is 9.79 Å². The van der Waals surface area contributed by atoms with E-state index in [2.05, 4.69) is 106 Å². The van der Waals surface area contributed by atoms with E-state index in [1.54, 1.807) is 23.5 Å². The highest BCUT2D eigenvalue weighted by Crippen LogP contribution is 2.56. The zero-order chi connectivity index (χ0) is 29.6. The first-order valence-corrected chi connectivity index (χ1v) is 17.8. The maximum absolute atomic E-state index is 12.4. The Bertz CT molecular complexity index is 1350. The molecule has 0 saturated carbocycles. The second-order valence-electron chi connectivity index (χ2n) is 11.5. The van der Waals surface area contributed by atoms with E-state index in [1.165, 1.54) is 17.3 Å². The average molecular weight is 615 g/mol. The van der Waals surface area contributed by atoms with Gasteiger partial charge >= 0.3 is 5.97 Å². The molecular formula is C35H38O4S2Si. The molecule has 5 rings (SSSR count). The Balaban J connectivity index is 1.52. The van der Waals surface area contributed by atoms with Crippen molar-refractivity contribution in [1.82, 2.24) is 0 Å². The maximum atomic E-state index is 12.4. The van der Waals surface area contributed by atoms with Crippen LogP contribution in [0.1, 0.15) is 34.1 Å². The quantitative estimate of drug-likeness (QED) is 0.105. The Morgan fingerprint density at radius 1 is 0.786 bits per heavy atom. The van der Waals surface area contributed by atoms with Gasteiger partial charge < -0.3 is 13.9 Å². The first-order chi connectivity index (χ1) is 20.2. The summed E-state index contributed by atoms with van der Waals surface area (Å²) in [5.41, 5.74) is 0. The third-order valence-electron chi connectivity index (χ3n) is 7.43. The van der Waals surface area contributed by atoms with Crippen molar-refractivity contribution in [1.29, 1.82) is 0 Å². The van der Waals surface area contributed by atoms with E-state index in [-0.39, 0.29) is 17.1 Å². The van der Waals surface area contributed by atoms with Crippen molar-refractivity contribution in [3.05, 3.63) is 121 Å². The molecule has 1 saturated heterocycles. The normalized spacial score (nSPS) is 18.5. The summed E-state index contributed by atoms with van der Waals surface area (Å²) in [5.74, 6) is -0.361. The number of carbonyl (C=O) groups excluding carboxylic acids is 1. The molecule has 0 bridgehead atoms. The molecule has 0 aromatic heterocycles. The van der Waals surface area contributed by atoms with Crippen molar-refractivity contribution in [2.24, 2.45) is 0 Å². The molecular weight excluding hydrogens is 577 g/mol. The molecule has 1 aliphatic heterocycles. The van der Waals surface area contributed by atoms with Gasteiger partial charge in [-0.1, -0.05) is 118 Å². The molecule has 218 valence electrons. The summed E-state index contributed by atoms with van der Waals surface area (Å²) in [6.07, 6.45) is -0.385. The molecule has 4 aromatic carbocycles. The number of esters is 1. The largest absolute Gasteiger partial charge is 0.433 e. The van der Waals surface area contributed by atoms with E-state index in [1.807, 2.05) is 36.4 Å². The van der Waals surface area contributed by atoms with Gasteiger partial charge in [0.05, 0.1) is 12.7 Å². The highest BCUT2D eigenvalue weighted by atomic mass is 32.2. The van der Waals surface area contributed by atoms with E-state index in [4.69, 9.17) is 13.9 Å². The van der Waals surface area contributed by atoms with Crippen LogP contribution in [0.5, 0.6) is 0 Å². The predicted octanol–water partition coefficient (Wildman–Crippen LogP) is 7.52. The van der Waals surface area contributed by atoms with Crippen LogP contribution in [0, 0.1) is 0 Å². The van der Waals surface area contributed by atoms with Crippen LogP contribution in [0.2, 0.25) is 5.04 Å². The first-order valence-electron chi connectivity index (χ1n) is 14.3. The predicted molar refractivity (Wildman–Crippen MR) is 176 cm³/mol. The van der Waals surface area contributed by atoms with Gasteiger partial charge in [-0.15, -0.1) is 23.5 Å². The molecule has 42 heavy (non-hydrogen) atoms. The van der Waals surface area contributed by atoms with Crippen LogP contribution < -0.4 is 10.4 Å². The molecule has 1 aliphatic rings. The van der Waals surface area contributed by atoms with Crippen LogP contribution in [0.3, 0.4) is 0 Å². The van der Waals surface area contributed by atoms with Crippen LogP contribution >= 0.6 is 23.5 Å². The number of carbonyl (C=O) groups is 1. The fourth-order valence-corrected chi connectivity index (χ4v) is 13.3. The van der Waals surface area contributed by atoms with E-state index in [0.29, 0.717) is 13.0 Å². The van der Waals surface area contributed by atoms with Crippen LogP contribution in [-0.4, -0.2) is 37.4 Å². The van der Waals surface area contributed by atoms with Gasteiger partial charge in [-0.05, 0) is 39.7 Å². The highest BCUT2D eigenvalue weighted by molar-refractivity contribution is 8.18. The average Bonchev–Trinajstić information content (AvgIpc) is 3.30. The minimum Gasteiger partial charge on any atom is -0.433 e. The molecule has 0 spiro atoms. The number of hydrogen-bond acceptors (Lipinski definition) is 6. The molecule has 4 nitrogen and oxygen atoms in total. The molecule has 0 aliphatic carbocycles. The van der Waals surface area contributed by atoms with Crippen molar-refractivity contribution in [2.45, 2.75) is 65.4 Å². The van der Waals surface area contributed by atoms with Gasteiger partial charge in [0.15, 0.2) is 0 Å². The van der Waals surface area contributed by atoms with Crippen molar-refractivity contribution < 1.29 is 18.7 Å². The van der Waals surface area contributed by atoms with Crippen molar-refractivity contribution in [3.63, 3.8) is 0 Å². The van der Waals surface area contributed by atoms with Crippen LogP contribution in [-0.2, 0) is 18.7 Å². The van der Waals surface area contributed by atoms with Crippen molar-refractivity contribution in [3.8, 4) is 0 Å². The van der Waals surface area contributed by atoms with Gasteiger partial charge in [0.25, 0.3) is 8.32 Å². The van der Waals surface area contributed by atoms with Crippen LogP contribution in [0.15, 0.2) is 131 Å². The molecule has 0 radical (unpaired) electrons. The van der Waals surface area contributed by atoms with Gasteiger partial charge in [0.1, 0.15) is 4.08 Å². The summed E-state index contributed by atoms with van der Waals surface area (Å²) in [4.78, 5) is 14.6. The van der Waals surface area contributed by atoms with Gasteiger partial charge in [0.2, 0.25) is 6.29 Å². The third-order valence-corrected chi connectivity index (χ3v) is 15.4. The Morgan fingerprint density at radius 3 is 1.62 bits per heavy atom. The summed E-state index contributed by atoms with van der Waals surface area (Å²) < 4.78 is 19.2. The lowest BCUT2D eigenvalue weighted by atomic mass is 10.2. The zero-order valence-electron chi connectivity index (χ0n) is 24.6. The number of benzene rings is 4. The topological polar surface area (TPSA) is 44.8 Å². The molecule has 4 aromatic rings. The standard InChI is InChI=1S/C35H38O4S2Si/c1-27(36)38-33-35(40-29-17-9-5-10-18-29,41-30-19-11-6-12-20-30)25-28(39-33)26-37-42(34(2,3)4,31-21-13-7-14-22-31)32-23-15-8-16-24-32/h5-24,28,33H,25-26H2,1-4H3/t28-,33?/m0/s1. The molecule has 2 atom stereocenters. The third kappa shape index (κ3) is 6.71. The lowest BCUT2D eigenvalue weighted by molar-refractivity contribution is -0.174. The van der Waals surface area contributed by atoms with E-state index >= 15 is 0 Å². The molecule has 1 heterocycles. The number of hydrogen-bond donors (Lipinski definition) is 0. The van der Waals surface area contributed by atoms with Gasteiger partial charge in [-0.25, -0.2) is 0 Å². The lowest BCUT2D eigenvalue weighted by Gasteiger charge is -2.43. The maximum Gasteiger partial charge on any atom is 0.305 e. The molecule has 0 N–H and O–H groups in total. The fraction of sp³-hybridized carbons (Fsp3) is 0.286. The van der Waals surface area contributed by atoms with Gasteiger partial charge in [-0.2, -0.15) is 0 Å². The van der Waals surface area contributed by atoms with Crippen LogP contribution in [0.25, 0.3) is 0 Å². The number of ether oxygens (including phenoxy) is 2. The lowest BCUT2D eigenvalue weighted by Crippen LogP contribution is -2.67. The summed E-state index contributed by atoms with van der Waals surface area (Å²) >= 11 is 3.39. The van der Waals surface area contributed by atoms with Gasteiger partial charge in [-0.3, -0.25) is 4.79 Å². The fourth-order valence-electron chi connectivity index (χ4n) is 5.66.